The van der Waals surface area contributed by atoms with E-state index in [1.54, 1.807) is 6.20 Å². The molecule has 1 aromatic heterocycles. The van der Waals surface area contributed by atoms with Crippen molar-refractivity contribution >= 4 is 0 Å². The Balaban J connectivity index is 2.44. The molecule has 0 amide bonds. The summed E-state index contributed by atoms with van der Waals surface area (Å²) >= 11 is 0. The van der Waals surface area contributed by atoms with Gasteiger partial charge in [0, 0.05) is 19.4 Å². The van der Waals surface area contributed by atoms with Crippen LogP contribution in [-0.2, 0) is 12.8 Å². The highest BCUT2D eigenvalue weighted by molar-refractivity contribution is 4.93. The second kappa shape index (κ2) is 4.13. The van der Waals surface area contributed by atoms with Crippen LogP contribution in [0.5, 0.6) is 0 Å². The van der Waals surface area contributed by atoms with Crippen LogP contribution in [0.3, 0.4) is 0 Å². The van der Waals surface area contributed by atoms with Gasteiger partial charge in [0.05, 0.1) is 6.20 Å². The predicted octanol–water partition coefficient (Wildman–Crippen LogP) is 0.999. The lowest BCUT2D eigenvalue weighted by molar-refractivity contribution is 0.455. The second-order valence-corrected chi connectivity index (χ2v) is 2.43. The quantitative estimate of drug-likeness (QED) is 0.703. The summed E-state index contributed by atoms with van der Waals surface area (Å²) in [5.41, 5.74) is 0. The van der Waals surface area contributed by atoms with E-state index in [1.165, 1.54) is 0 Å². The number of rotatable bonds is 4. The van der Waals surface area contributed by atoms with E-state index in [0.717, 1.165) is 31.0 Å². The number of aryl methyl sites for hydroxylation is 1. The van der Waals surface area contributed by atoms with Crippen LogP contribution in [0.4, 0.5) is 0 Å². The molecule has 0 aliphatic heterocycles. The SMILES string of the molecule is CCc1cnc(CCNC)o1. The van der Waals surface area contributed by atoms with Crippen molar-refractivity contribution in [1.29, 1.82) is 0 Å². The zero-order valence-corrected chi connectivity index (χ0v) is 7.05. The van der Waals surface area contributed by atoms with Crippen molar-refractivity contribution in [2.45, 2.75) is 19.8 Å². The van der Waals surface area contributed by atoms with Gasteiger partial charge in [-0.15, -0.1) is 0 Å². The summed E-state index contributed by atoms with van der Waals surface area (Å²) in [5.74, 6) is 1.80. The predicted molar refractivity (Wildman–Crippen MR) is 43.5 cm³/mol. The summed E-state index contributed by atoms with van der Waals surface area (Å²) in [7, 11) is 1.92. The maximum atomic E-state index is 5.38. The molecule has 1 aromatic rings. The lowest BCUT2D eigenvalue weighted by Crippen LogP contribution is -2.10. The van der Waals surface area contributed by atoms with Crippen LogP contribution in [-0.4, -0.2) is 18.6 Å². The maximum Gasteiger partial charge on any atom is 0.195 e. The molecule has 0 atom stereocenters. The van der Waals surface area contributed by atoms with Gasteiger partial charge < -0.3 is 9.73 Å². The Morgan fingerprint density at radius 1 is 1.64 bits per heavy atom. The number of aromatic nitrogens is 1. The Hall–Kier alpha value is -0.830. The van der Waals surface area contributed by atoms with Crippen molar-refractivity contribution in [3.05, 3.63) is 17.8 Å². The van der Waals surface area contributed by atoms with Crippen molar-refractivity contribution in [2.24, 2.45) is 0 Å². The minimum atomic E-state index is 0.830. The maximum absolute atomic E-state index is 5.38. The summed E-state index contributed by atoms with van der Waals surface area (Å²) in [5, 5.41) is 3.04. The third kappa shape index (κ3) is 2.35. The number of likely N-dealkylation sites (N-methyl/N-ethyl adjacent to an activating group) is 1. The van der Waals surface area contributed by atoms with E-state index >= 15 is 0 Å². The Kier molecular flexibility index (Phi) is 3.11. The molecule has 62 valence electrons. The summed E-state index contributed by atoms with van der Waals surface area (Å²) < 4.78 is 5.38. The topological polar surface area (TPSA) is 38.1 Å². The van der Waals surface area contributed by atoms with Gasteiger partial charge in [-0.1, -0.05) is 6.92 Å². The molecular weight excluding hydrogens is 140 g/mol. The van der Waals surface area contributed by atoms with Gasteiger partial charge in [0.25, 0.3) is 0 Å². The first kappa shape index (κ1) is 8.27. The zero-order chi connectivity index (χ0) is 8.10. The van der Waals surface area contributed by atoms with E-state index in [2.05, 4.69) is 17.2 Å². The number of nitrogens with zero attached hydrogens (tertiary/aromatic N) is 1. The van der Waals surface area contributed by atoms with E-state index in [1.807, 2.05) is 7.05 Å². The highest BCUT2D eigenvalue weighted by atomic mass is 16.4. The van der Waals surface area contributed by atoms with Gasteiger partial charge in [0.2, 0.25) is 0 Å². The molecule has 1 heterocycles. The van der Waals surface area contributed by atoms with Crippen LogP contribution in [0.1, 0.15) is 18.6 Å². The van der Waals surface area contributed by atoms with Crippen LogP contribution in [0.25, 0.3) is 0 Å². The molecule has 0 aromatic carbocycles. The van der Waals surface area contributed by atoms with E-state index < -0.39 is 0 Å². The molecule has 11 heavy (non-hydrogen) atoms. The van der Waals surface area contributed by atoms with Crippen LogP contribution < -0.4 is 5.32 Å². The van der Waals surface area contributed by atoms with E-state index in [9.17, 15) is 0 Å². The van der Waals surface area contributed by atoms with Crippen LogP contribution >= 0.6 is 0 Å². The summed E-state index contributed by atoms with van der Waals surface area (Å²) in [4.78, 5) is 4.12. The van der Waals surface area contributed by atoms with Gasteiger partial charge in [-0.05, 0) is 7.05 Å². The average Bonchev–Trinajstić information content (AvgIpc) is 2.48. The van der Waals surface area contributed by atoms with Gasteiger partial charge in [-0.3, -0.25) is 0 Å². The normalized spacial score (nSPS) is 10.4. The Morgan fingerprint density at radius 3 is 3.00 bits per heavy atom. The fourth-order valence-corrected chi connectivity index (χ4v) is 0.859. The molecule has 1 N–H and O–H groups in total. The lowest BCUT2D eigenvalue weighted by atomic mass is 10.4. The summed E-state index contributed by atoms with van der Waals surface area (Å²) in [6, 6.07) is 0. The Morgan fingerprint density at radius 2 is 2.45 bits per heavy atom. The monoisotopic (exact) mass is 154 g/mol. The molecule has 0 fully saturated rings. The molecule has 0 saturated carbocycles. The molecular formula is C8H14N2O. The van der Waals surface area contributed by atoms with Gasteiger partial charge in [0.1, 0.15) is 5.76 Å². The molecule has 0 spiro atoms. The number of hydrogen-bond acceptors (Lipinski definition) is 3. The van der Waals surface area contributed by atoms with Crippen molar-refractivity contribution in [3.8, 4) is 0 Å². The first-order valence-electron chi connectivity index (χ1n) is 3.95. The van der Waals surface area contributed by atoms with Gasteiger partial charge in [-0.25, -0.2) is 4.98 Å². The van der Waals surface area contributed by atoms with E-state index in [0.29, 0.717) is 0 Å². The van der Waals surface area contributed by atoms with Crippen molar-refractivity contribution in [1.82, 2.24) is 10.3 Å². The number of hydrogen-bond donors (Lipinski definition) is 1. The average molecular weight is 154 g/mol. The summed E-state index contributed by atoms with van der Waals surface area (Å²) in [6.45, 7) is 2.98. The molecule has 0 aliphatic carbocycles. The Bertz CT molecular complexity index is 208. The molecule has 3 nitrogen and oxygen atoms in total. The third-order valence-corrected chi connectivity index (χ3v) is 1.54. The van der Waals surface area contributed by atoms with Gasteiger partial charge in [0.15, 0.2) is 5.89 Å². The van der Waals surface area contributed by atoms with Crippen molar-refractivity contribution < 1.29 is 4.42 Å². The van der Waals surface area contributed by atoms with Crippen LogP contribution in [0.2, 0.25) is 0 Å². The largest absolute Gasteiger partial charge is 0.446 e. The molecule has 3 heteroatoms. The summed E-state index contributed by atoms with van der Waals surface area (Å²) in [6.07, 6.45) is 3.59. The van der Waals surface area contributed by atoms with Gasteiger partial charge in [-0.2, -0.15) is 0 Å². The van der Waals surface area contributed by atoms with E-state index in [-0.39, 0.29) is 0 Å². The highest BCUT2D eigenvalue weighted by Gasteiger charge is 1.99. The molecule has 0 aliphatic rings. The highest BCUT2D eigenvalue weighted by Crippen LogP contribution is 2.03. The smallest absolute Gasteiger partial charge is 0.195 e. The van der Waals surface area contributed by atoms with E-state index in [4.69, 9.17) is 4.42 Å². The van der Waals surface area contributed by atoms with Crippen molar-refractivity contribution in [3.63, 3.8) is 0 Å². The van der Waals surface area contributed by atoms with Crippen LogP contribution in [0.15, 0.2) is 10.6 Å². The zero-order valence-electron chi connectivity index (χ0n) is 7.05. The fraction of sp³-hybridized carbons (Fsp3) is 0.625. The minimum absolute atomic E-state index is 0.830. The first-order valence-corrected chi connectivity index (χ1v) is 3.95. The molecule has 1 rings (SSSR count). The number of oxazole rings is 1. The first-order chi connectivity index (χ1) is 5.36. The number of nitrogens with one attached hydrogen (secondary N) is 1. The molecule has 0 radical (unpaired) electrons. The fourth-order valence-electron chi connectivity index (χ4n) is 0.859. The molecule has 0 bridgehead atoms. The van der Waals surface area contributed by atoms with Crippen molar-refractivity contribution in [2.75, 3.05) is 13.6 Å². The van der Waals surface area contributed by atoms with Crippen LogP contribution in [0, 0.1) is 0 Å². The molecule has 0 saturated heterocycles. The standard InChI is InChI=1S/C8H14N2O/c1-3-7-6-10-8(11-7)4-5-9-2/h6,9H,3-5H2,1-2H3. The minimum Gasteiger partial charge on any atom is -0.446 e. The second-order valence-electron chi connectivity index (χ2n) is 2.43. The molecule has 0 unspecified atom stereocenters. The lowest BCUT2D eigenvalue weighted by Gasteiger charge is -1.92. The Labute approximate surface area is 66.8 Å². The third-order valence-electron chi connectivity index (χ3n) is 1.54. The van der Waals surface area contributed by atoms with Gasteiger partial charge >= 0.3 is 0 Å².